The molecule has 1 unspecified atom stereocenters. The second-order valence-corrected chi connectivity index (χ2v) is 7.57. The van der Waals surface area contributed by atoms with Crippen LogP contribution in [0, 0.1) is 0 Å². The molecule has 170 valence electrons. The van der Waals surface area contributed by atoms with E-state index < -0.39 is 0 Å². The van der Waals surface area contributed by atoms with Crippen LogP contribution < -0.4 is 15.4 Å². The molecule has 2 N–H and O–H groups in total. The summed E-state index contributed by atoms with van der Waals surface area (Å²) in [5, 5.41) is 6.83. The lowest BCUT2D eigenvalue weighted by atomic mass is 10.0. The summed E-state index contributed by atoms with van der Waals surface area (Å²) in [6, 6.07) is 14.6. The van der Waals surface area contributed by atoms with E-state index in [0.717, 1.165) is 50.0 Å². The SMILES string of the molecule is CCNC(=NCC(c1ccccc1OC)N1CCCCC1)NCCc1ccccn1.I. The number of aliphatic imine (C=N–C) groups is 1. The summed E-state index contributed by atoms with van der Waals surface area (Å²) < 4.78 is 5.67. The Morgan fingerprint density at radius 1 is 1.10 bits per heavy atom. The van der Waals surface area contributed by atoms with Crippen LogP contribution in [0.1, 0.15) is 43.5 Å². The van der Waals surface area contributed by atoms with E-state index in [9.17, 15) is 0 Å². The van der Waals surface area contributed by atoms with Gasteiger partial charge in [0, 0.05) is 37.0 Å². The summed E-state index contributed by atoms with van der Waals surface area (Å²) in [6.45, 7) is 6.64. The van der Waals surface area contributed by atoms with Crippen molar-refractivity contribution in [2.45, 2.75) is 38.6 Å². The number of hydrogen-bond donors (Lipinski definition) is 2. The van der Waals surface area contributed by atoms with Crippen LogP contribution in [0.2, 0.25) is 0 Å². The quantitative estimate of drug-likeness (QED) is 0.288. The Balaban J connectivity index is 0.00000341. The number of hydrogen-bond acceptors (Lipinski definition) is 4. The summed E-state index contributed by atoms with van der Waals surface area (Å²) in [4.78, 5) is 11.9. The van der Waals surface area contributed by atoms with E-state index in [1.54, 1.807) is 7.11 Å². The van der Waals surface area contributed by atoms with Crippen LogP contribution in [0.4, 0.5) is 0 Å². The van der Waals surface area contributed by atoms with Crippen molar-refractivity contribution in [1.29, 1.82) is 0 Å². The molecule has 0 saturated carbocycles. The Morgan fingerprint density at radius 2 is 1.87 bits per heavy atom. The first kappa shape index (κ1) is 25.4. The number of aromatic nitrogens is 1. The summed E-state index contributed by atoms with van der Waals surface area (Å²) in [5.41, 5.74) is 2.30. The maximum absolute atomic E-state index is 5.67. The van der Waals surface area contributed by atoms with E-state index in [2.05, 4.69) is 45.6 Å². The van der Waals surface area contributed by atoms with Gasteiger partial charge in [0.05, 0.1) is 19.7 Å². The molecule has 6 nitrogen and oxygen atoms in total. The van der Waals surface area contributed by atoms with Crippen molar-refractivity contribution >= 4 is 29.9 Å². The first-order valence-electron chi connectivity index (χ1n) is 11.1. The second-order valence-electron chi connectivity index (χ2n) is 7.57. The van der Waals surface area contributed by atoms with Gasteiger partial charge in [-0.05, 0) is 51.1 Å². The van der Waals surface area contributed by atoms with Crippen LogP contribution in [-0.4, -0.2) is 55.7 Å². The van der Waals surface area contributed by atoms with E-state index in [0.29, 0.717) is 6.54 Å². The van der Waals surface area contributed by atoms with Gasteiger partial charge in [-0.2, -0.15) is 0 Å². The Kier molecular flexibility index (Phi) is 11.7. The molecule has 0 spiro atoms. The van der Waals surface area contributed by atoms with Crippen LogP contribution in [0.15, 0.2) is 53.7 Å². The number of nitrogens with one attached hydrogen (secondary N) is 2. The molecule has 0 bridgehead atoms. The third-order valence-corrected chi connectivity index (χ3v) is 5.50. The summed E-state index contributed by atoms with van der Waals surface area (Å²) in [6.07, 6.45) is 6.52. The van der Waals surface area contributed by atoms with Gasteiger partial charge in [0.2, 0.25) is 0 Å². The monoisotopic (exact) mass is 537 g/mol. The first-order chi connectivity index (χ1) is 14.8. The molecule has 2 heterocycles. The minimum absolute atomic E-state index is 0. The maximum atomic E-state index is 5.67. The van der Waals surface area contributed by atoms with Crippen LogP contribution in [0.5, 0.6) is 5.75 Å². The number of nitrogens with zero attached hydrogens (tertiary/aromatic N) is 3. The topological polar surface area (TPSA) is 61.8 Å². The van der Waals surface area contributed by atoms with E-state index in [-0.39, 0.29) is 30.0 Å². The fraction of sp³-hybridized carbons (Fsp3) is 0.500. The smallest absolute Gasteiger partial charge is 0.191 e. The molecule has 0 radical (unpaired) electrons. The summed E-state index contributed by atoms with van der Waals surface area (Å²) in [7, 11) is 1.75. The molecule has 1 aliphatic rings. The minimum Gasteiger partial charge on any atom is -0.496 e. The number of likely N-dealkylation sites (tertiary alicyclic amines) is 1. The Morgan fingerprint density at radius 3 is 2.58 bits per heavy atom. The molecule has 1 fully saturated rings. The van der Waals surface area contributed by atoms with E-state index in [1.165, 1.54) is 24.8 Å². The number of pyridine rings is 1. The van der Waals surface area contributed by atoms with Gasteiger partial charge >= 0.3 is 0 Å². The molecule has 1 aliphatic heterocycles. The molecule has 3 rings (SSSR count). The van der Waals surface area contributed by atoms with Crippen LogP contribution >= 0.6 is 24.0 Å². The molecule has 0 amide bonds. The fourth-order valence-corrected chi connectivity index (χ4v) is 3.96. The van der Waals surface area contributed by atoms with E-state index in [1.807, 2.05) is 30.5 Å². The van der Waals surface area contributed by atoms with Crippen LogP contribution in [0.25, 0.3) is 0 Å². The highest BCUT2D eigenvalue weighted by molar-refractivity contribution is 14.0. The first-order valence-corrected chi connectivity index (χ1v) is 11.1. The number of rotatable bonds is 9. The van der Waals surface area contributed by atoms with Gasteiger partial charge in [0.1, 0.15) is 5.75 Å². The Hall–Kier alpha value is -1.87. The van der Waals surface area contributed by atoms with E-state index in [4.69, 9.17) is 9.73 Å². The third-order valence-electron chi connectivity index (χ3n) is 5.50. The molecular formula is C24H36IN5O. The van der Waals surface area contributed by atoms with Crippen molar-refractivity contribution in [1.82, 2.24) is 20.5 Å². The third kappa shape index (κ3) is 7.96. The van der Waals surface area contributed by atoms with Gasteiger partial charge in [0.25, 0.3) is 0 Å². The number of ether oxygens (including phenoxy) is 1. The largest absolute Gasteiger partial charge is 0.496 e. The molecule has 2 aromatic rings. The van der Waals surface area contributed by atoms with Crippen molar-refractivity contribution in [3.63, 3.8) is 0 Å². The Bertz CT molecular complexity index is 781. The molecule has 1 aromatic heterocycles. The molecule has 1 aromatic carbocycles. The summed E-state index contributed by atoms with van der Waals surface area (Å²) >= 11 is 0. The van der Waals surface area contributed by atoms with Gasteiger partial charge in [-0.15, -0.1) is 24.0 Å². The van der Waals surface area contributed by atoms with Crippen LogP contribution in [0.3, 0.4) is 0 Å². The van der Waals surface area contributed by atoms with Gasteiger partial charge in [-0.25, -0.2) is 0 Å². The molecule has 1 atom stereocenters. The molecule has 7 heteroatoms. The predicted molar refractivity (Wildman–Crippen MR) is 138 cm³/mol. The number of para-hydroxylation sites is 1. The zero-order valence-electron chi connectivity index (χ0n) is 18.7. The van der Waals surface area contributed by atoms with Crippen molar-refractivity contribution in [3.05, 3.63) is 59.9 Å². The standard InChI is InChI=1S/C24H35N5O.HI/c1-3-25-24(27-16-14-20-11-7-8-15-26-20)28-19-22(29-17-9-4-10-18-29)21-12-5-6-13-23(21)30-2;/h5-8,11-13,15,22H,3-4,9-10,14,16-19H2,1-2H3,(H2,25,27,28);1H. The minimum atomic E-state index is 0. The highest BCUT2D eigenvalue weighted by atomic mass is 127. The van der Waals surface area contributed by atoms with Crippen LogP contribution in [-0.2, 0) is 6.42 Å². The van der Waals surface area contributed by atoms with Crippen molar-refractivity contribution in [2.24, 2.45) is 4.99 Å². The number of halogens is 1. The number of piperidine rings is 1. The normalized spacial score (nSPS) is 15.6. The van der Waals surface area contributed by atoms with Crippen molar-refractivity contribution in [2.75, 3.05) is 39.8 Å². The van der Waals surface area contributed by atoms with E-state index >= 15 is 0 Å². The molecule has 0 aliphatic carbocycles. The average Bonchev–Trinajstić information content (AvgIpc) is 2.81. The maximum Gasteiger partial charge on any atom is 0.191 e. The number of methoxy groups -OCH3 is 1. The lowest BCUT2D eigenvalue weighted by Gasteiger charge is -2.34. The zero-order valence-corrected chi connectivity index (χ0v) is 21.0. The lowest BCUT2D eigenvalue weighted by molar-refractivity contribution is 0.165. The zero-order chi connectivity index (χ0) is 21.0. The van der Waals surface area contributed by atoms with Gasteiger partial charge in [-0.1, -0.05) is 30.7 Å². The molecular weight excluding hydrogens is 501 g/mol. The lowest BCUT2D eigenvalue weighted by Crippen LogP contribution is -2.40. The van der Waals surface area contributed by atoms with Gasteiger partial charge < -0.3 is 15.4 Å². The molecule has 1 saturated heterocycles. The molecule has 31 heavy (non-hydrogen) atoms. The predicted octanol–water partition coefficient (Wildman–Crippen LogP) is 4.03. The van der Waals surface area contributed by atoms with Crippen molar-refractivity contribution < 1.29 is 4.74 Å². The van der Waals surface area contributed by atoms with Gasteiger partial charge in [0.15, 0.2) is 5.96 Å². The number of guanidine groups is 1. The summed E-state index contributed by atoms with van der Waals surface area (Å²) in [5.74, 6) is 1.79. The fourth-order valence-electron chi connectivity index (χ4n) is 3.96. The average molecular weight is 537 g/mol. The van der Waals surface area contributed by atoms with Crippen molar-refractivity contribution in [3.8, 4) is 5.75 Å². The highest BCUT2D eigenvalue weighted by Gasteiger charge is 2.24. The highest BCUT2D eigenvalue weighted by Crippen LogP contribution is 2.31. The Labute approximate surface area is 203 Å². The van der Waals surface area contributed by atoms with Gasteiger partial charge in [-0.3, -0.25) is 14.9 Å². The second kappa shape index (κ2) is 14.2. The number of benzene rings is 1.